The number of carbonyl (C=O) groups is 2. The Morgan fingerprint density at radius 1 is 1.07 bits per heavy atom. The Morgan fingerprint density at radius 3 is 2.61 bits per heavy atom. The molecule has 3 aromatic rings. The predicted molar refractivity (Wildman–Crippen MR) is 112 cm³/mol. The summed E-state index contributed by atoms with van der Waals surface area (Å²) in [5.74, 6) is -0.248. The van der Waals surface area contributed by atoms with Crippen LogP contribution < -0.4 is 10.2 Å². The van der Waals surface area contributed by atoms with Gasteiger partial charge in [-0.05, 0) is 48.5 Å². The molecule has 3 aromatic carbocycles. The fourth-order valence-corrected chi connectivity index (χ4v) is 3.61. The minimum absolute atomic E-state index is 0.0456. The van der Waals surface area contributed by atoms with E-state index in [0.717, 1.165) is 11.3 Å². The first-order chi connectivity index (χ1) is 13.5. The topological polar surface area (TPSA) is 52.7 Å². The number of likely N-dealkylation sites (N-methyl/N-ethyl adjacent to an activating group) is 1. The summed E-state index contributed by atoms with van der Waals surface area (Å²) in [4.78, 5) is 28.8. The number of nitrogens with one attached hydrogen (secondary N) is 1. The number of benzene rings is 3. The Bertz CT molecular complexity index is 1050. The summed E-state index contributed by atoms with van der Waals surface area (Å²) in [7, 11) is 1.94. The summed E-state index contributed by atoms with van der Waals surface area (Å²) in [5.41, 5.74) is 2.58. The van der Waals surface area contributed by atoms with Crippen LogP contribution in [0.15, 0.2) is 66.7 Å². The van der Waals surface area contributed by atoms with E-state index in [1.165, 1.54) is 10.8 Å². The Balaban J connectivity index is 1.52. The average molecular weight is 373 g/mol. The lowest BCUT2D eigenvalue weighted by Gasteiger charge is -2.33. The van der Waals surface area contributed by atoms with Gasteiger partial charge in [0, 0.05) is 6.54 Å². The second-order valence-electron chi connectivity index (χ2n) is 7.26. The summed E-state index contributed by atoms with van der Waals surface area (Å²) in [5, 5.41) is 5.21. The van der Waals surface area contributed by atoms with Gasteiger partial charge in [0.05, 0.1) is 17.4 Å². The van der Waals surface area contributed by atoms with Crippen LogP contribution in [0.3, 0.4) is 0 Å². The van der Waals surface area contributed by atoms with Crippen molar-refractivity contribution in [3.05, 3.63) is 72.3 Å². The van der Waals surface area contributed by atoms with E-state index in [0.29, 0.717) is 12.2 Å². The van der Waals surface area contributed by atoms with Gasteiger partial charge < -0.3 is 5.32 Å². The van der Waals surface area contributed by atoms with Crippen LogP contribution in [-0.4, -0.2) is 36.3 Å². The minimum Gasteiger partial charge on any atom is -0.323 e. The summed E-state index contributed by atoms with van der Waals surface area (Å²) in [6.45, 7) is 2.59. The lowest BCUT2D eigenvalue weighted by Crippen LogP contribution is -2.50. The maximum atomic E-state index is 13.2. The molecule has 1 unspecified atom stereocenters. The van der Waals surface area contributed by atoms with Gasteiger partial charge in [0.2, 0.25) is 11.8 Å². The van der Waals surface area contributed by atoms with Crippen molar-refractivity contribution in [2.45, 2.75) is 19.5 Å². The van der Waals surface area contributed by atoms with Gasteiger partial charge in [-0.3, -0.25) is 19.4 Å². The van der Waals surface area contributed by atoms with Crippen molar-refractivity contribution in [1.29, 1.82) is 0 Å². The highest BCUT2D eigenvalue weighted by Crippen LogP contribution is 2.29. The molecule has 0 aromatic heterocycles. The lowest BCUT2D eigenvalue weighted by atomic mass is 10.1. The summed E-state index contributed by atoms with van der Waals surface area (Å²) in [6, 6.07) is 21.7. The van der Waals surface area contributed by atoms with Gasteiger partial charge in [0.15, 0.2) is 0 Å². The molecule has 2 amide bonds. The zero-order valence-electron chi connectivity index (χ0n) is 16.1. The Morgan fingerprint density at radius 2 is 1.79 bits per heavy atom. The monoisotopic (exact) mass is 373 g/mol. The number of fused-ring (bicyclic) bond motifs is 2. The van der Waals surface area contributed by atoms with E-state index in [1.807, 2.05) is 55.3 Å². The molecule has 0 bridgehead atoms. The van der Waals surface area contributed by atoms with Gasteiger partial charge >= 0.3 is 0 Å². The quantitative estimate of drug-likeness (QED) is 0.760. The maximum Gasteiger partial charge on any atom is 0.244 e. The van der Waals surface area contributed by atoms with Crippen LogP contribution in [0.5, 0.6) is 0 Å². The standard InChI is InChI=1S/C23H23N3O2/c1-16(23(28)26-15-22(27)24-20-9-5-6-10-21(20)26)25(2)14-17-11-12-18-7-3-4-8-19(18)13-17/h3-13,16H,14-15H2,1-2H3,(H,24,27). The molecule has 0 fully saturated rings. The van der Waals surface area contributed by atoms with Crippen LogP contribution in [0.4, 0.5) is 11.4 Å². The fourth-order valence-electron chi connectivity index (χ4n) is 3.61. The molecule has 4 rings (SSSR count). The van der Waals surface area contributed by atoms with Crippen molar-refractivity contribution < 1.29 is 9.59 Å². The number of nitrogens with zero attached hydrogens (tertiary/aromatic N) is 2. The molecule has 0 aliphatic carbocycles. The summed E-state index contributed by atoms with van der Waals surface area (Å²) >= 11 is 0. The second kappa shape index (κ2) is 7.44. The van der Waals surface area contributed by atoms with Crippen LogP contribution in [0, 0.1) is 0 Å². The van der Waals surface area contributed by atoms with Crippen molar-refractivity contribution in [2.75, 3.05) is 23.8 Å². The Hall–Kier alpha value is -3.18. The molecule has 5 heteroatoms. The minimum atomic E-state index is -0.356. The molecule has 1 heterocycles. The molecular weight excluding hydrogens is 350 g/mol. The third-order valence-corrected chi connectivity index (χ3v) is 5.30. The van der Waals surface area contributed by atoms with E-state index in [4.69, 9.17) is 0 Å². The lowest BCUT2D eigenvalue weighted by molar-refractivity contribution is -0.125. The van der Waals surface area contributed by atoms with Crippen LogP contribution >= 0.6 is 0 Å². The van der Waals surface area contributed by atoms with Crippen molar-refractivity contribution in [3.8, 4) is 0 Å². The normalized spacial score (nSPS) is 14.7. The Kier molecular flexibility index (Phi) is 4.84. The van der Waals surface area contributed by atoms with Crippen LogP contribution in [0.1, 0.15) is 12.5 Å². The number of rotatable bonds is 4. The van der Waals surface area contributed by atoms with Crippen molar-refractivity contribution in [1.82, 2.24) is 4.90 Å². The van der Waals surface area contributed by atoms with E-state index in [1.54, 1.807) is 4.90 Å². The highest BCUT2D eigenvalue weighted by molar-refractivity contribution is 6.11. The molecule has 1 aliphatic rings. The number of para-hydroxylation sites is 2. The number of hydrogen-bond acceptors (Lipinski definition) is 3. The maximum absolute atomic E-state index is 13.2. The molecule has 0 spiro atoms. The first-order valence-electron chi connectivity index (χ1n) is 9.41. The van der Waals surface area contributed by atoms with Crippen LogP contribution in [0.25, 0.3) is 10.8 Å². The van der Waals surface area contributed by atoms with Crippen molar-refractivity contribution in [3.63, 3.8) is 0 Å². The average Bonchev–Trinajstić information content (AvgIpc) is 2.71. The summed E-state index contributed by atoms with van der Waals surface area (Å²) < 4.78 is 0. The molecule has 1 aliphatic heterocycles. The zero-order chi connectivity index (χ0) is 19.7. The second-order valence-corrected chi connectivity index (χ2v) is 7.26. The first kappa shape index (κ1) is 18.2. The van der Waals surface area contributed by atoms with E-state index >= 15 is 0 Å². The molecule has 28 heavy (non-hydrogen) atoms. The molecule has 0 saturated carbocycles. The number of amides is 2. The van der Waals surface area contributed by atoms with E-state index in [9.17, 15) is 9.59 Å². The number of hydrogen-bond donors (Lipinski definition) is 1. The third kappa shape index (κ3) is 3.49. The molecular formula is C23H23N3O2. The largest absolute Gasteiger partial charge is 0.323 e. The van der Waals surface area contributed by atoms with Crippen LogP contribution in [0.2, 0.25) is 0 Å². The smallest absolute Gasteiger partial charge is 0.244 e. The first-order valence-corrected chi connectivity index (χ1v) is 9.41. The summed E-state index contributed by atoms with van der Waals surface area (Å²) in [6.07, 6.45) is 0. The number of carbonyl (C=O) groups excluding carboxylic acids is 2. The number of anilines is 2. The van der Waals surface area contributed by atoms with E-state index in [2.05, 4.69) is 35.6 Å². The fraction of sp³-hybridized carbons (Fsp3) is 0.217. The highest BCUT2D eigenvalue weighted by Gasteiger charge is 2.31. The Labute approximate surface area is 164 Å². The third-order valence-electron chi connectivity index (χ3n) is 5.30. The van der Waals surface area contributed by atoms with E-state index < -0.39 is 0 Å². The molecule has 5 nitrogen and oxygen atoms in total. The molecule has 0 radical (unpaired) electrons. The zero-order valence-corrected chi connectivity index (χ0v) is 16.1. The molecule has 142 valence electrons. The van der Waals surface area contributed by atoms with E-state index in [-0.39, 0.29) is 24.4 Å². The van der Waals surface area contributed by atoms with Crippen molar-refractivity contribution >= 4 is 34.0 Å². The molecule has 1 atom stereocenters. The molecule has 0 saturated heterocycles. The highest BCUT2D eigenvalue weighted by atomic mass is 16.2. The molecule has 1 N–H and O–H groups in total. The van der Waals surface area contributed by atoms with Crippen LogP contribution in [-0.2, 0) is 16.1 Å². The van der Waals surface area contributed by atoms with Gasteiger partial charge in [-0.25, -0.2) is 0 Å². The predicted octanol–water partition coefficient (Wildman–Crippen LogP) is 3.65. The van der Waals surface area contributed by atoms with Gasteiger partial charge in [-0.2, -0.15) is 0 Å². The van der Waals surface area contributed by atoms with Gasteiger partial charge in [-0.1, -0.05) is 48.5 Å². The van der Waals surface area contributed by atoms with Gasteiger partial charge in [0.1, 0.15) is 6.54 Å². The van der Waals surface area contributed by atoms with Gasteiger partial charge in [-0.15, -0.1) is 0 Å². The van der Waals surface area contributed by atoms with Crippen molar-refractivity contribution in [2.24, 2.45) is 0 Å². The van der Waals surface area contributed by atoms with Gasteiger partial charge in [0.25, 0.3) is 0 Å². The SMILES string of the molecule is CC(C(=O)N1CC(=O)Nc2ccccc21)N(C)Cc1ccc2ccccc2c1.